The lowest BCUT2D eigenvalue weighted by atomic mass is 9.95. The van der Waals surface area contributed by atoms with Crippen molar-refractivity contribution in [3.8, 4) is 11.4 Å². The number of aromatic nitrogens is 3. The monoisotopic (exact) mass is 456 g/mol. The third-order valence-electron chi connectivity index (χ3n) is 5.42. The molecular weight excluding hydrogens is 436 g/mol. The van der Waals surface area contributed by atoms with Gasteiger partial charge in [-0.1, -0.05) is 54.8 Å². The number of halogens is 1. The Kier molecular flexibility index (Phi) is 6.67. The van der Waals surface area contributed by atoms with Crippen LogP contribution < -0.4 is 0 Å². The molecule has 1 saturated carbocycles. The summed E-state index contributed by atoms with van der Waals surface area (Å²) in [5.74, 6) is 0.723. The van der Waals surface area contributed by atoms with E-state index in [1.165, 1.54) is 36.4 Å². The standard InChI is InChI=1S/C22H21ClN4O3S/c23-17-11-9-15(10-12-17)21-24-25-22(26(21)18-6-2-1-3-7-18)31-14-20(28)16-5-4-8-19(13-16)27(29)30/h4-5,8-13,18H,1-3,6-7,14H2. The van der Waals surface area contributed by atoms with Crippen LogP contribution in [0, 0.1) is 10.1 Å². The SMILES string of the molecule is O=C(CSc1nnc(-c2ccc(Cl)cc2)n1C1CCCCC1)c1cccc([N+](=O)[O-])c1. The second-order valence-corrected chi connectivity index (χ2v) is 8.87. The highest BCUT2D eigenvalue weighted by Crippen LogP contribution is 2.36. The van der Waals surface area contributed by atoms with Crippen molar-refractivity contribution < 1.29 is 9.72 Å². The molecule has 1 fully saturated rings. The molecule has 0 unspecified atom stereocenters. The maximum absolute atomic E-state index is 12.7. The van der Waals surface area contributed by atoms with Crippen LogP contribution in [0.15, 0.2) is 53.7 Å². The van der Waals surface area contributed by atoms with Crippen LogP contribution in [0.4, 0.5) is 5.69 Å². The predicted octanol–water partition coefficient (Wildman–Crippen LogP) is 5.99. The number of carbonyl (C=O) groups is 1. The summed E-state index contributed by atoms with van der Waals surface area (Å²) in [6.07, 6.45) is 5.62. The number of non-ortho nitro benzene ring substituents is 1. The third kappa shape index (κ3) is 4.97. The molecule has 31 heavy (non-hydrogen) atoms. The van der Waals surface area contributed by atoms with Crippen molar-refractivity contribution in [2.75, 3.05) is 5.75 Å². The molecule has 0 bridgehead atoms. The Hall–Kier alpha value is -2.71. The van der Waals surface area contributed by atoms with Gasteiger partial charge in [0, 0.05) is 34.3 Å². The lowest BCUT2D eigenvalue weighted by Crippen LogP contribution is -2.15. The van der Waals surface area contributed by atoms with Crippen LogP contribution in [0.3, 0.4) is 0 Å². The molecule has 2 aromatic carbocycles. The van der Waals surface area contributed by atoms with Crippen LogP contribution in [0.1, 0.15) is 48.5 Å². The van der Waals surface area contributed by atoms with Gasteiger partial charge in [-0.25, -0.2) is 0 Å². The van der Waals surface area contributed by atoms with E-state index < -0.39 is 4.92 Å². The first kappa shape index (κ1) is 21.5. The average Bonchev–Trinajstić information content (AvgIpc) is 3.22. The van der Waals surface area contributed by atoms with Gasteiger partial charge in [-0.3, -0.25) is 19.5 Å². The largest absolute Gasteiger partial charge is 0.299 e. The number of carbonyl (C=O) groups excluding carboxylic acids is 1. The minimum atomic E-state index is -0.498. The number of hydrogen-bond donors (Lipinski definition) is 0. The van der Waals surface area contributed by atoms with Crippen molar-refractivity contribution in [1.29, 1.82) is 0 Å². The van der Waals surface area contributed by atoms with E-state index in [4.69, 9.17) is 11.6 Å². The van der Waals surface area contributed by atoms with E-state index in [-0.39, 0.29) is 23.3 Å². The zero-order valence-electron chi connectivity index (χ0n) is 16.7. The highest BCUT2D eigenvalue weighted by Gasteiger charge is 2.24. The Morgan fingerprint density at radius 1 is 1.13 bits per heavy atom. The first-order valence-corrected chi connectivity index (χ1v) is 11.5. The Bertz CT molecular complexity index is 1090. The molecular formula is C22H21ClN4O3S. The molecule has 0 spiro atoms. The fraction of sp³-hybridized carbons (Fsp3) is 0.318. The summed E-state index contributed by atoms with van der Waals surface area (Å²) in [6, 6.07) is 13.6. The van der Waals surface area contributed by atoms with Gasteiger partial charge in [-0.2, -0.15) is 0 Å². The predicted molar refractivity (Wildman–Crippen MR) is 121 cm³/mol. The molecule has 1 aliphatic carbocycles. The summed E-state index contributed by atoms with van der Waals surface area (Å²) >= 11 is 7.36. The van der Waals surface area contributed by atoms with Gasteiger partial charge in [0.15, 0.2) is 16.8 Å². The Morgan fingerprint density at radius 3 is 2.58 bits per heavy atom. The summed E-state index contributed by atoms with van der Waals surface area (Å²) in [5.41, 5.74) is 1.16. The van der Waals surface area contributed by atoms with E-state index in [9.17, 15) is 14.9 Å². The highest BCUT2D eigenvalue weighted by atomic mass is 35.5. The van der Waals surface area contributed by atoms with Crippen molar-refractivity contribution >= 4 is 34.8 Å². The smallest absolute Gasteiger partial charge is 0.270 e. The summed E-state index contributed by atoms with van der Waals surface area (Å²) in [7, 11) is 0. The number of ketones is 1. The van der Waals surface area contributed by atoms with E-state index in [1.807, 2.05) is 24.3 Å². The zero-order chi connectivity index (χ0) is 21.8. The quantitative estimate of drug-likeness (QED) is 0.188. The summed E-state index contributed by atoms with van der Waals surface area (Å²) < 4.78 is 2.15. The number of nitrogens with zero attached hydrogens (tertiary/aromatic N) is 4. The number of rotatable bonds is 7. The van der Waals surface area contributed by atoms with Gasteiger partial charge in [0.25, 0.3) is 5.69 Å². The van der Waals surface area contributed by atoms with Crippen LogP contribution in [0.5, 0.6) is 0 Å². The van der Waals surface area contributed by atoms with Crippen LogP contribution in [0.2, 0.25) is 5.02 Å². The van der Waals surface area contributed by atoms with Gasteiger partial charge in [0.1, 0.15) is 0 Å². The molecule has 3 aromatic rings. The van der Waals surface area contributed by atoms with Crippen molar-refractivity contribution in [3.63, 3.8) is 0 Å². The van der Waals surface area contributed by atoms with Gasteiger partial charge < -0.3 is 0 Å². The molecule has 0 N–H and O–H groups in total. The van der Waals surface area contributed by atoms with Crippen molar-refractivity contribution in [2.45, 2.75) is 43.3 Å². The molecule has 0 radical (unpaired) electrons. The Labute approximate surface area is 189 Å². The lowest BCUT2D eigenvalue weighted by molar-refractivity contribution is -0.384. The molecule has 1 aromatic heterocycles. The first-order chi connectivity index (χ1) is 15.0. The van der Waals surface area contributed by atoms with Gasteiger partial charge in [-0.05, 0) is 37.1 Å². The zero-order valence-corrected chi connectivity index (χ0v) is 18.3. The number of nitro groups is 1. The minimum Gasteiger partial charge on any atom is -0.299 e. The van der Waals surface area contributed by atoms with Crippen molar-refractivity contribution in [1.82, 2.24) is 14.8 Å². The maximum Gasteiger partial charge on any atom is 0.270 e. The van der Waals surface area contributed by atoms with Crippen LogP contribution in [-0.2, 0) is 0 Å². The van der Waals surface area contributed by atoms with E-state index >= 15 is 0 Å². The normalized spacial score (nSPS) is 14.5. The fourth-order valence-electron chi connectivity index (χ4n) is 3.85. The van der Waals surface area contributed by atoms with E-state index in [0.717, 1.165) is 37.1 Å². The van der Waals surface area contributed by atoms with Crippen molar-refractivity contribution in [2.24, 2.45) is 0 Å². The molecule has 0 aliphatic heterocycles. The Morgan fingerprint density at radius 2 is 1.87 bits per heavy atom. The van der Waals surface area contributed by atoms with E-state index in [1.54, 1.807) is 6.07 Å². The fourth-order valence-corrected chi connectivity index (χ4v) is 4.87. The molecule has 4 rings (SSSR count). The number of hydrogen-bond acceptors (Lipinski definition) is 6. The van der Waals surface area contributed by atoms with Crippen molar-refractivity contribution in [3.05, 3.63) is 69.2 Å². The molecule has 160 valence electrons. The Balaban J connectivity index is 1.59. The van der Waals surface area contributed by atoms with Gasteiger partial charge in [0.2, 0.25) is 0 Å². The maximum atomic E-state index is 12.7. The number of thioether (sulfide) groups is 1. The lowest BCUT2D eigenvalue weighted by Gasteiger charge is -2.25. The molecule has 0 amide bonds. The summed E-state index contributed by atoms with van der Waals surface area (Å²) in [6.45, 7) is 0. The molecule has 1 aliphatic rings. The second-order valence-electron chi connectivity index (χ2n) is 7.49. The van der Waals surface area contributed by atoms with E-state index in [0.29, 0.717) is 15.7 Å². The van der Waals surface area contributed by atoms with Gasteiger partial charge in [0.05, 0.1) is 10.7 Å². The minimum absolute atomic E-state index is 0.0914. The second kappa shape index (κ2) is 9.62. The average molecular weight is 457 g/mol. The third-order valence-corrected chi connectivity index (χ3v) is 6.61. The first-order valence-electron chi connectivity index (χ1n) is 10.1. The highest BCUT2D eigenvalue weighted by molar-refractivity contribution is 7.99. The number of benzene rings is 2. The molecule has 0 atom stereocenters. The molecule has 1 heterocycles. The summed E-state index contributed by atoms with van der Waals surface area (Å²) in [4.78, 5) is 23.2. The molecule has 7 nitrogen and oxygen atoms in total. The van der Waals surface area contributed by atoms with Crippen LogP contribution in [0.25, 0.3) is 11.4 Å². The van der Waals surface area contributed by atoms with Gasteiger partial charge in [-0.15, -0.1) is 10.2 Å². The number of Topliss-reactive ketones (excluding diaryl/α,β-unsaturated/α-hetero) is 1. The number of nitro benzene ring substituents is 1. The molecule has 0 saturated heterocycles. The van der Waals surface area contributed by atoms with E-state index in [2.05, 4.69) is 14.8 Å². The van der Waals surface area contributed by atoms with Crippen LogP contribution >= 0.6 is 23.4 Å². The van der Waals surface area contributed by atoms with Crippen LogP contribution in [-0.4, -0.2) is 31.2 Å². The summed E-state index contributed by atoms with van der Waals surface area (Å²) in [5, 5.41) is 21.2. The topological polar surface area (TPSA) is 90.9 Å². The van der Waals surface area contributed by atoms with Gasteiger partial charge >= 0.3 is 0 Å². The molecule has 9 heteroatoms.